The third-order valence-corrected chi connectivity index (χ3v) is 2.52. The van der Waals surface area contributed by atoms with Crippen molar-refractivity contribution in [3.63, 3.8) is 0 Å². The number of aryl methyl sites for hydroxylation is 1. The fourth-order valence-electron chi connectivity index (χ4n) is 1.62. The molecule has 3 nitrogen and oxygen atoms in total. The van der Waals surface area contributed by atoms with E-state index in [0.717, 1.165) is 23.3 Å². The molecule has 1 rings (SSSR count). The highest BCUT2D eigenvalue weighted by atomic mass is 16.5. The van der Waals surface area contributed by atoms with Crippen molar-refractivity contribution >= 4 is 0 Å². The van der Waals surface area contributed by atoms with Crippen LogP contribution in [0.25, 0.3) is 0 Å². The van der Waals surface area contributed by atoms with Crippen LogP contribution >= 0.6 is 0 Å². The summed E-state index contributed by atoms with van der Waals surface area (Å²) < 4.78 is 5.11. The van der Waals surface area contributed by atoms with Crippen LogP contribution in [0.4, 0.5) is 0 Å². The van der Waals surface area contributed by atoms with Crippen molar-refractivity contribution in [2.45, 2.75) is 25.9 Å². The Hall–Kier alpha value is -1.06. The zero-order valence-corrected chi connectivity index (χ0v) is 9.36. The molecule has 0 aliphatic rings. The molecule has 1 atom stereocenters. The standard InChI is InChI=1S/C12H19NO2/c1-9-8-10(15-2)5-6-11(9)12(14)4-3-7-13/h5-6,8,12,14H,3-4,7,13H2,1-2H3. The minimum atomic E-state index is -0.417. The Bertz CT molecular complexity index is 312. The van der Waals surface area contributed by atoms with E-state index in [1.54, 1.807) is 7.11 Å². The number of aliphatic hydroxyl groups excluding tert-OH is 1. The van der Waals surface area contributed by atoms with Gasteiger partial charge in [-0.25, -0.2) is 0 Å². The maximum absolute atomic E-state index is 9.90. The van der Waals surface area contributed by atoms with Gasteiger partial charge in [-0.1, -0.05) is 6.07 Å². The lowest BCUT2D eigenvalue weighted by molar-refractivity contribution is 0.164. The monoisotopic (exact) mass is 209 g/mol. The number of ether oxygens (including phenoxy) is 1. The Kier molecular flexibility index (Phi) is 4.59. The van der Waals surface area contributed by atoms with Crippen LogP contribution in [-0.2, 0) is 0 Å². The summed E-state index contributed by atoms with van der Waals surface area (Å²) in [5.41, 5.74) is 7.42. The first kappa shape index (κ1) is 12.0. The molecule has 15 heavy (non-hydrogen) atoms. The van der Waals surface area contributed by atoms with Crippen molar-refractivity contribution in [2.75, 3.05) is 13.7 Å². The molecule has 84 valence electrons. The average Bonchev–Trinajstić information content (AvgIpc) is 2.25. The second-order valence-corrected chi connectivity index (χ2v) is 3.67. The van der Waals surface area contributed by atoms with Crippen molar-refractivity contribution in [3.05, 3.63) is 29.3 Å². The number of hydrogen-bond acceptors (Lipinski definition) is 3. The highest BCUT2D eigenvalue weighted by Crippen LogP contribution is 2.25. The molecule has 0 saturated heterocycles. The molecule has 0 amide bonds. The Morgan fingerprint density at radius 2 is 2.20 bits per heavy atom. The van der Waals surface area contributed by atoms with Crippen molar-refractivity contribution in [1.82, 2.24) is 0 Å². The van der Waals surface area contributed by atoms with Gasteiger partial charge in [-0.15, -0.1) is 0 Å². The van der Waals surface area contributed by atoms with E-state index < -0.39 is 6.10 Å². The molecule has 0 aliphatic carbocycles. The van der Waals surface area contributed by atoms with Gasteiger partial charge in [-0.3, -0.25) is 0 Å². The van der Waals surface area contributed by atoms with Crippen LogP contribution in [0.3, 0.4) is 0 Å². The molecular formula is C12H19NO2. The van der Waals surface area contributed by atoms with E-state index in [1.165, 1.54) is 0 Å². The summed E-state index contributed by atoms with van der Waals surface area (Å²) in [5.74, 6) is 0.822. The summed E-state index contributed by atoms with van der Waals surface area (Å²) in [4.78, 5) is 0. The van der Waals surface area contributed by atoms with Gasteiger partial charge in [-0.05, 0) is 49.6 Å². The molecule has 3 N–H and O–H groups in total. The molecule has 0 heterocycles. The van der Waals surface area contributed by atoms with Gasteiger partial charge < -0.3 is 15.6 Å². The lowest BCUT2D eigenvalue weighted by Gasteiger charge is -2.14. The molecule has 0 radical (unpaired) electrons. The molecule has 0 bridgehead atoms. The third-order valence-electron chi connectivity index (χ3n) is 2.52. The molecule has 3 heteroatoms. The van der Waals surface area contributed by atoms with Crippen LogP contribution in [0.2, 0.25) is 0 Å². The number of aliphatic hydroxyl groups is 1. The predicted octanol–water partition coefficient (Wildman–Crippen LogP) is 1.78. The third kappa shape index (κ3) is 3.22. The molecule has 0 saturated carbocycles. The number of nitrogens with two attached hydrogens (primary N) is 1. The van der Waals surface area contributed by atoms with Gasteiger partial charge in [0.05, 0.1) is 13.2 Å². The molecule has 1 aromatic rings. The summed E-state index contributed by atoms with van der Waals surface area (Å²) >= 11 is 0. The van der Waals surface area contributed by atoms with E-state index in [2.05, 4.69) is 0 Å². The van der Waals surface area contributed by atoms with Crippen LogP contribution in [0.1, 0.15) is 30.1 Å². The molecule has 0 spiro atoms. The van der Waals surface area contributed by atoms with E-state index in [-0.39, 0.29) is 0 Å². The first-order chi connectivity index (χ1) is 7.19. The molecule has 0 aliphatic heterocycles. The number of methoxy groups -OCH3 is 1. The Morgan fingerprint density at radius 3 is 2.73 bits per heavy atom. The number of hydrogen-bond donors (Lipinski definition) is 2. The maximum atomic E-state index is 9.90. The second-order valence-electron chi connectivity index (χ2n) is 3.67. The minimum absolute atomic E-state index is 0.417. The van der Waals surface area contributed by atoms with Gasteiger partial charge in [0.1, 0.15) is 5.75 Å². The van der Waals surface area contributed by atoms with Gasteiger partial charge in [0, 0.05) is 0 Å². The van der Waals surface area contributed by atoms with Crippen LogP contribution in [0.15, 0.2) is 18.2 Å². The molecule has 1 unspecified atom stereocenters. The summed E-state index contributed by atoms with van der Waals surface area (Å²) in [5, 5.41) is 9.90. The minimum Gasteiger partial charge on any atom is -0.497 e. The largest absolute Gasteiger partial charge is 0.497 e. The Balaban J connectivity index is 2.76. The van der Waals surface area contributed by atoms with Crippen LogP contribution in [0.5, 0.6) is 5.75 Å². The highest BCUT2D eigenvalue weighted by Gasteiger charge is 2.10. The van der Waals surface area contributed by atoms with Gasteiger partial charge in [0.2, 0.25) is 0 Å². The van der Waals surface area contributed by atoms with Gasteiger partial charge in [0.15, 0.2) is 0 Å². The van der Waals surface area contributed by atoms with Crippen LogP contribution in [0, 0.1) is 6.92 Å². The van der Waals surface area contributed by atoms with E-state index in [0.29, 0.717) is 13.0 Å². The first-order valence-corrected chi connectivity index (χ1v) is 5.21. The summed E-state index contributed by atoms with van der Waals surface area (Å²) in [6.45, 7) is 2.59. The van der Waals surface area contributed by atoms with Crippen molar-refractivity contribution < 1.29 is 9.84 Å². The van der Waals surface area contributed by atoms with E-state index in [1.807, 2.05) is 25.1 Å². The van der Waals surface area contributed by atoms with Crippen LogP contribution < -0.4 is 10.5 Å². The Morgan fingerprint density at radius 1 is 1.47 bits per heavy atom. The van der Waals surface area contributed by atoms with E-state index in [4.69, 9.17) is 10.5 Å². The number of benzene rings is 1. The lowest BCUT2D eigenvalue weighted by atomic mass is 10.00. The summed E-state index contributed by atoms with van der Waals surface area (Å²) in [6.07, 6.45) is 1.13. The normalized spacial score (nSPS) is 12.5. The molecular weight excluding hydrogens is 190 g/mol. The van der Waals surface area contributed by atoms with Crippen molar-refractivity contribution in [1.29, 1.82) is 0 Å². The van der Waals surface area contributed by atoms with Crippen molar-refractivity contribution in [3.8, 4) is 5.75 Å². The van der Waals surface area contributed by atoms with Gasteiger partial charge >= 0.3 is 0 Å². The molecule has 0 fully saturated rings. The Labute approximate surface area is 90.9 Å². The molecule has 0 aromatic heterocycles. The fraction of sp³-hybridized carbons (Fsp3) is 0.500. The molecule has 1 aromatic carbocycles. The maximum Gasteiger partial charge on any atom is 0.119 e. The highest BCUT2D eigenvalue weighted by molar-refractivity contribution is 5.35. The topological polar surface area (TPSA) is 55.5 Å². The summed E-state index contributed by atoms with van der Waals surface area (Å²) in [7, 11) is 1.64. The van der Waals surface area contributed by atoms with Gasteiger partial charge in [-0.2, -0.15) is 0 Å². The smallest absolute Gasteiger partial charge is 0.119 e. The quantitative estimate of drug-likeness (QED) is 0.777. The SMILES string of the molecule is COc1ccc(C(O)CCCN)c(C)c1. The first-order valence-electron chi connectivity index (χ1n) is 5.21. The average molecular weight is 209 g/mol. The van der Waals surface area contributed by atoms with Gasteiger partial charge in [0.25, 0.3) is 0 Å². The van der Waals surface area contributed by atoms with Crippen LogP contribution in [-0.4, -0.2) is 18.8 Å². The second kappa shape index (κ2) is 5.73. The lowest BCUT2D eigenvalue weighted by Crippen LogP contribution is -2.05. The predicted molar refractivity (Wildman–Crippen MR) is 61.0 cm³/mol. The number of rotatable bonds is 5. The summed E-state index contributed by atoms with van der Waals surface area (Å²) in [6, 6.07) is 5.71. The van der Waals surface area contributed by atoms with E-state index >= 15 is 0 Å². The zero-order valence-electron chi connectivity index (χ0n) is 9.36. The zero-order chi connectivity index (χ0) is 11.3. The fourth-order valence-corrected chi connectivity index (χ4v) is 1.62. The van der Waals surface area contributed by atoms with Crippen molar-refractivity contribution in [2.24, 2.45) is 5.73 Å². The van der Waals surface area contributed by atoms with E-state index in [9.17, 15) is 5.11 Å².